The third-order valence-electron chi connectivity index (χ3n) is 4.40. The van der Waals surface area contributed by atoms with Gasteiger partial charge in [-0.2, -0.15) is 0 Å². The standard InChI is InChI=1S/C18H16BrNO2/c1-11-18(2,15-9-14(19)7-8-16(15)20-11)10-12-3-5-13(6-4-12)17(21)22/h3-9H,10H2,1-2H3,(H,21,22). The molecule has 1 heterocycles. The lowest BCUT2D eigenvalue weighted by molar-refractivity contribution is 0.0697. The van der Waals surface area contributed by atoms with Crippen molar-refractivity contribution in [2.75, 3.05) is 0 Å². The zero-order chi connectivity index (χ0) is 15.9. The summed E-state index contributed by atoms with van der Waals surface area (Å²) < 4.78 is 1.05. The first kappa shape index (κ1) is 15.0. The van der Waals surface area contributed by atoms with Crippen LogP contribution in [0.4, 0.5) is 5.69 Å². The highest BCUT2D eigenvalue weighted by atomic mass is 79.9. The van der Waals surface area contributed by atoms with Gasteiger partial charge in [0.25, 0.3) is 0 Å². The Morgan fingerprint density at radius 2 is 1.91 bits per heavy atom. The highest BCUT2D eigenvalue weighted by Crippen LogP contribution is 2.43. The molecule has 1 unspecified atom stereocenters. The lowest BCUT2D eigenvalue weighted by Gasteiger charge is -2.26. The Morgan fingerprint density at radius 3 is 2.55 bits per heavy atom. The molecule has 4 heteroatoms. The fourth-order valence-electron chi connectivity index (χ4n) is 2.94. The number of nitrogens with zero attached hydrogens (tertiary/aromatic N) is 1. The summed E-state index contributed by atoms with van der Waals surface area (Å²) in [6.07, 6.45) is 0.797. The molecule has 0 radical (unpaired) electrons. The van der Waals surface area contributed by atoms with Gasteiger partial charge in [-0.1, -0.05) is 28.1 Å². The molecule has 0 aromatic heterocycles. The van der Waals surface area contributed by atoms with Crippen molar-refractivity contribution in [3.63, 3.8) is 0 Å². The molecule has 3 rings (SSSR count). The van der Waals surface area contributed by atoms with Crippen molar-refractivity contribution >= 4 is 33.3 Å². The summed E-state index contributed by atoms with van der Waals surface area (Å²) in [4.78, 5) is 15.6. The number of rotatable bonds is 3. The number of fused-ring (bicyclic) bond motifs is 1. The van der Waals surface area contributed by atoms with Gasteiger partial charge in [0.1, 0.15) is 0 Å². The van der Waals surface area contributed by atoms with Crippen LogP contribution in [0.15, 0.2) is 51.9 Å². The molecular formula is C18H16BrNO2. The summed E-state index contributed by atoms with van der Waals surface area (Å²) in [5.41, 5.74) is 4.57. The van der Waals surface area contributed by atoms with E-state index in [-0.39, 0.29) is 5.41 Å². The Hall–Kier alpha value is -1.94. The number of halogens is 1. The molecule has 0 spiro atoms. The van der Waals surface area contributed by atoms with Gasteiger partial charge in [0.2, 0.25) is 0 Å². The molecule has 0 amide bonds. The van der Waals surface area contributed by atoms with Gasteiger partial charge in [-0.15, -0.1) is 0 Å². The van der Waals surface area contributed by atoms with Crippen molar-refractivity contribution in [2.24, 2.45) is 4.99 Å². The van der Waals surface area contributed by atoms with Crippen LogP contribution in [0, 0.1) is 0 Å². The van der Waals surface area contributed by atoms with Gasteiger partial charge in [0, 0.05) is 15.6 Å². The molecule has 22 heavy (non-hydrogen) atoms. The number of aromatic carboxylic acids is 1. The Bertz CT molecular complexity index is 780. The first-order chi connectivity index (χ1) is 10.4. The van der Waals surface area contributed by atoms with E-state index in [2.05, 4.69) is 35.8 Å². The van der Waals surface area contributed by atoms with E-state index >= 15 is 0 Å². The number of benzene rings is 2. The van der Waals surface area contributed by atoms with Crippen LogP contribution in [-0.4, -0.2) is 16.8 Å². The fourth-order valence-corrected chi connectivity index (χ4v) is 3.30. The number of aliphatic imine (C=N–C) groups is 1. The summed E-state index contributed by atoms with van der Waals surface area (Å²) >= 11 is 3.53. The molecule has 0 saturated carbocycles. The van der Waals surface area contributed by atoms with Gasteiger partial charge in [0.15, 0.2) is 0 Å². The Labute approximate surface area is 137 Å². The summed E-state index contributed by atoms with van der Waals surface area (Å²) in [5, 5.41) is 8.99. The molecule has 0 fully saturated rings. The van der Waals surface area contributed by atoms with E-state index in [4.69, 9.17) is 10.1 Å². The molecule has 2 aromatic carbocycles. The number of carboxylic acid groups (broad SMARTS) is 1. The quantitative estimate of drug-likeness (QED) is 0.861. The van der Waals surface area contributed by atoms with E-state index in [1.165, 1.54) is 5.56 Å². The number of carbonyl (C=O) groups is 1. The van der Waals surface area contributed by atoms with Gasteiger partial charge in [-0.05, 0) is 61.7 Å². The normalized spacial score (nSPS) is 19.7. The van der Waals surface area contributed by atoms with Crippen LogP contribution in [0.3, 0.4) is 0 Å². The van der Waals surface area contributed by atoms with Crippen molar-refractivity contribution in [3.05, 3.63) is 63.6 Å². The highest BCUT2D eigenvalue weighted by Gasteiger charge is 2.37. The van der Waals surface area contributed by atoms with Crippen LogP contribution >= 0.6 is 15.9 Å². The van der Waals surface area contributed by atoms with Gasteiger partial charge in [0.05, 0.1) is 11.3 Å². The molecule has 1 aliphatic heterocycles. The third-order valence-corrected chi connectivity index (χ3v) is 4.89. The van der Waals surface area contributed by atoms with E-state index in [9.17, 15) is 4.79 Å². The summed E-state index contributed by atoms with van der Waals surface area (Å²) in [5.74, 6) is -0.898. The third kappa shape index (κ3) is 2.48. The van der Waals surface area contributed by atoms with E-state index in [0.717, 1.165) is 27.9 Å². The molecule has 0 aliphatic carbocycles. The first-order valence-electron chi connectivity index (χ1n) is 7.08. The van der Waals surface area contributed by atoms with Gasteiger partial charge in [-0.3, -0.25) is 4.99 Å². The molecule has 1 atom stereocenters. The molecular weight excluding hydrogens is 342 g/mol. The second kappa shape index (κ2) is 5.36. The monoisotopic (exact) mass is 357 g/mol. The van der Waals surface area contributed by atoms with E-state index in [1.807, 2.05) is 24.3 Å². The average Bonchev–Trinajstić information content (AvgIpc) is 2.71. The summed E-state index contributed by atoms with van der Waals surface area (Å²) in [7, 11) is 0. The SMILES string of the molecule is CC1=Nc2ccc(Br)cc2C1(C)Cc1ccc(C(=O)O)cc1. The van der Waals surface area contributed by atoms with Gasteiger partial charge >= 0.3 is 5.97 Å². The minimum atomic E-state index is -0.898. The van der Waals surface area contributed by atoms with Crippen LogP contribution in [0.25, 0.3) is 0 Å². The molecule has 0 bridgehead atoms. The molecule has 1 aliphatic rings. The Balaban J connectivity index is 1.96. The maximum absolute atomic E-state index is 10.9. The average molecular weight is 358 g/mol. The topological polar surface area (TPSA) is 49.7 Å². The zero-order valence-electron chi connectivity index (χ0n) is 12.4. The summed E-state index contributed by atoms with van der Waals surface area (Å²) in [6, 6.07) is 13.2. The van der Waals surface area contributed by atoms with E-state index in [1.54, 1.807) is 12.1 Å². The fraction of sp³-hybridized carbons (Fsp3) is 0.222. The van der Waals surface area contributed by atoms with Crippen LogP contribution in [0.2, 0.25) is 0 Å². The van der Waals surface area contributed by atoms with Crippen LogP contribution < -0.4 is 0 Å². The highest BCUT2D eigenvalue weighted by molar-refractivity contribution is 9.10. The smallest absolute Gasteiger partial charge is 0.335 e. The van der Waals surface area contributed by atoms with Crippen molar-refractivity contribution in [3.8, 4) is 0 Å². The Morgan fingerprint density at radius 1 is 1.23 bits per heavy atom. The minimum Gasteiger partial charge on any atom is -0.478 e. The predicted molar refractivity (Wildman–Crippen MR) is 91.4 cm³/mol. The Kier molecular flexibility index (Phi) is 3.65. The minimum absolute atomic E-state index is 0.163. The van der Waals surface area contributed by atoms with Crippen molar-refractivity contribution < 1.29 is 9.90 Å². The first-order valence-corrected chi connectivity index (χ1v) is 7.87. The molecule has 0 saturated heterocycles. The summed E-state index contributed by atoms with van der Waals surface area (Å²) in [6.45, 7) is 4.24. The van der Waals surface area contributed by atoms with Crippen LogP contribution in [-0.2, 0) is 11.8 Å². The maximum atomic E-state index is 10.9. The van der Waals surface area contributed by atoms with E-state index < -0.39 is 5.97 Å². The lowest BCUT2D eigenvalue weighted by atomic mass is 9.75. The predicted octanol–water partition coefficient (Wildman–Crippen LogP) is 4.75. The molecule has 3 nitrogen and oxygen atoms in total. The molecule has 112 valence electrons. The molecule has 2 aromatic rings. The molecule has 1 N–H and O–H groups in total. The second-order valence-corrected chi connectivity index (χ2v) is 6.79. The van der Waals surface area contributed by atoms with Crippen molar-refractivity contribution in [2.45, 2.75) is 25.7 Å². The van der Waals surface area contributed by atoms with Gasteiger partial charge < -0.3 is 5.11 Å². The second-order valence-electron chi connectivity index (χ2n) is 5.87. The van der Waals surface area contributed by atoms with Crippen molar-refractivity contribution in [1.29, 1.82) is 0 Å². The van der Waals surface area contributed by atoms with Crippen molar-refractivity contribution in [1.82, 2.24) is 0 Å². The number of carboxylic acids is 1. The number of hydrogen-bond acceptors (Lipinski definition) is 2. The zero-order valence-corrected chi connectivity index (χ0v) is 14.0. The van der Waals surface area contributed by atoms with Gasteiger partial charge in [-0.25, -0.2) is 4.79 Å². The van der Waals surface area contributed by atoms with Crippen LogP contribution in [0.5, 0.6) is 0 Å². The lowest BCUT2D eigenvalue weighted by Crippen LogP contribution is -2.30. The maximum Gasteiger partial charge on any atom is 0.335 e. The van der Waals surface area contributed by atoms with Crippen LogP contribution in [0.1, 0.15) is 35.3 Å². The van der Waals surface area contributed by atoms with E-state index in [0.29, 0.717) is 5.56 Å². The largest absolute Gasteiger partial charge is 0.478 e. The number of hydrogen-bond donors (Lipinski definition) is 1.